The molecule has 20 heavy (non-hydrogen) atoms. The zero-order valence-corrected chi connectivity index (χ0v) is 12.4. The first kappa shape index (κ1) is 14.8. The van der Waals surface area contributed by atoms with E-state index in [2.05, 4.69) is 13.8 Å². The summed E-state index contributed by atoms with van der Waals surface area (Å²) in [5, 5.41) is 0. The van der Waals surface area contributed by atoms with E-state index in [4.69, 9.17) is 4.74 Å². The third-order valence-corrected chi connectivity index (χ3v) is 4.20. The monoisotopic (exact) mass is 279 g/mol. The zero-order chi connectivity index (χ0) is 14.7. The van der Waals surface area contributed by atoms with Gasteiger partial charge in [0.25, 0.3) is 5.91 Å². The molecule has 1 amide bonds. The van der Waals surface area contributed by atoms with Gasteiger partial charge in [0.2, 0.25) is 0 Å². The first-order valence-corrected chi connectivity index (χ1v) is 7.23. The van der Waals surface area contributed by atoms with Crippen LogP contribution in [0.5, 0.6) is 5.75 Å². The predicted octanol–water partition coefficient (Wildman–Crippen LogP) is 3.49. The van der Waals surface area contributed by atoms with Crippen molar-refractivity contribution in [1.29, 1.82) is 0 Å². The number of piperidine rings is 1. The number of hydrogen-bond acceptors (Lipinski definition) is 2. The quantitative estimate of drug-likeness (QED) is 0.847. The van der Waals surface area contributed by atoms with Crippen molar-refractivity contribution in [2.24, 2.45) is 5.92 Å². The third kappa shape index (κ3) is 2.65. The van der Waals surface area contributed by atoms with Crippen LogP contribution in [0.15, 0.2) is 18.2 Å². The van der Waals surface area contributed by atoms with E-state index in [1.807, 2.05) is 4.90 Å². The molecule has 110 valence electrons. The van der Waals surface area contributed by atoms with Crippen molar-refractivity contribution in [3.8, 4) is 5.75 Å². The zero-order valence-electron chi connectivity index (χ0n) is 12.4. The molecular formula is C16H22FNO2. The average Bonchev–Trinajstić information content (AvgIpc) is 2.46. The summed E-state index contributed by atoms with van der Waals surface area (Å²) in [5.41, 5.74) is 0.319. The first-order valence-electron chi connectivity index (χ1n) is 7.23. The lowest BCUT2D eigenvalue weighted by Gasteiger charge is -2.39. The van der Waals surface area contributed by atoms with Crippen molar-refractivity contribution >= 4 is 5.91 Å². The Hall–Kier alpha value is -1.58. The van der Waals surface area contributed by atoms with Crippen molar-refractivity contribution in [1.82, 2.24) is 4.90 Å². The lowest BCUT2D eigenvalue weighted by molar-refractivity contribution is 0.0505. The number of amides is 1. The molecule has 1 unspecified atom stereocenters. The highest BCUT2D eigenvalue weighted by molar-refractivity contribution is 5.97. The minimum Gasteiger partial charge on any atom is -0.493 e. The summed E-state index contributed by atoms with van der Waals surface area (Å²) < 4.78 is 18.8. The van der Waals surface area contributed by atoms with Crippen LogP contribution in [0.1, 0.15) is 43.5 Å². The predicted molar refractivity (Wildman–Crippen MR) is 76.5 cm³/mol. The minimum absolute atomic E-state index is 0.0468. The molecule has 3 nitrogen and oxygen atoms in total. The molecule has 0 bridgehead atoms. The SMILES string of the molecule is CCC1[C@H](C)CCCN1C(=O)c1cccc(F)c1OC. The Morgan fingerprint density at radius 2 is 2.25 bits per heavy atom. The first-order chi connectivity index (χ1) is 9.60. The Bertz CT molecular complexity index is 489. The Balaban J connectivity index is 2.33. The smallest absolute Gasteiger partial charge is 0.257 e. The van der Waals surface area contributed by atoms with Gasteiger partial charge < -0.3 is 9.64 Å². The van der Waals surface area contributed by atoms with Crippen LogP contribution in [-0.2, 0) is 0 Å². The molecule has 0 N–H and O–H groups in total. The highest BCUT2D eigenvalue weighted by Crippen LogP contribution is 2.30. The third-order valence-electron chi connectivity index (χ3n) is 4.20. The number of carbonyl (C=O) groups excluding carboxylic acids is 1. The van der Waals surface area contributed by atoms with Crippen molar-refractivity contribution in [3.63, 3.8) is 0 Å². The molecule has 1 aliphatic rings. The van der Waals surface area contributed by atoms with Crippen LogP contribution < -0.4 is 4.74 Å². The molecule has 0 saturated carbocycles. The number of methoxy groups -OCH3 is 1. The molecular weight excluding hydrogens is 257 g/mol. The Labute approximate surface area is 119 Å². The number of ether oxygens (including phenoxy) is 1. The van der Waals surface area contributed by atoms with E-state index in [1.165, 1.54) is 13.2 Å². The van der Waals surface area contributed by atoms with Crippen molar-refractivity contribution < 1.29 is 13.9 Å². The summed E-state index contributed by atoms with van der Waals surface area (Å²) in [6, 6.07) is 4.73. The van der Waals surface area contributed by atoms with Gasteiger partial charge in [0.1, 0.15) is 0 Å². The summed E-state index contributed by atoms with van der Waals surface area (Å²) in [5.74, 6) is -0.0842. The van der Waals surface area contributed by atoms with Gasteiger partial charge in [-0.3, -0.25) is 4.79 Å². The van der Waals surface area contributed by atoms with E-state index in [0.717, 1.165) is 25.8 Å². The average molecular weight is 279 g/mol. The Kier molecular flexibility index (Phi) is 4.63. The number of hydrogen-bond donors (Lipinski definition) is 0. The van der Waals surface area contributed by atoms with Crippen LogP contribution in [-0.4, -0.2) is 30.5 Å². The molecule has 2 atom stereocenters. The normalized spacial score (nSPS) is 22.7. The fraction of sp³-hybridized carbons (Fsp3) is 0.562. The van der Waals surface area contributed by atoms with E-state index >= 15 is 0 Å². The summed E-state index contributed by atoms with van der Waals surface area (Å²) in [6.07, 6.45) is 3.06. The number of nitrogens with zero attached hydrogens (tertiary/aromatic N) is 1. The second-order valence-electron chi connectivity index (χ2n) is 5.41. The van der Waals surface area contributed by atoms with E-state index in [1.54, 1.807) is 12.1 Å². The summed E-state index contributed by atoms with van der Waals surface area (Å²) in [4.78, 5) is 14.6. The number of carbonyl (C=O) groups is 1. The lowest BCUT2D eigenvalue weighted by Crippen LogP contribution is -2.47. The lowest BCUT2D eigenvalue weighted by atomic mass is 9.88. The van der Waals surface area contributed by atoms with Crippen molar-refractivity contribution in [3.05, 3.63) is 29.6 Å². The minimum atomic E-state index is -0.489. The topological polar surface area (TPSA) is 29.5 Å². The Morgan fingerprint density at radius 1 is 1.50 bits per heavy atom. The van der Waals surface area contributed by atoms with Gasteiger partial charge in [0, 0.05) is 12.6 Å². The highest BCUT2D eigenvalue weighted by Gasteiger charge is 2.32. The molecule has 2 rings (SSSR count). The maximum atomic E-state index is 13.7. The Morgan fingerprint density at radius 3 is 2.90 bits per heavy atom. The van der Waals surface area contributed by atoms with Crippen LogP contribution in [0, 0.1) is 11.7 Å². The molecule has 1 heterocycles. The number of likely N-dealkylation sites (tertiary alicyclic amines) is 1. The number of para-hydroxylation sites is 1. The maximum Gasteiger partial charge on any atom is 0.257 e. The fourth-order valence-corrected chi connectivity index (χ4v) is 3.16. The second kappa shape index (κ2) is 6.25. The van der Waals surface area contributed by atoms with Gasteiger partial charge in [-0.1, -0.05) is 19.9 Å². The molecule has 0 spiro atoms. The summed E-state index contributed by atoms with van der Waals surface area (Å²) in [6.45, 7) is 5.01. The van der Waals surface area contributed by atoms with Crippen molar-refractivity contribution in [2.75, 3.05) is 13.7 Å². The van der Waals surface area contributed by atoms with Gasteiger partial charge in [-0.15, -0.1) is 0 Å². The van der Waals surface area contributed by atoms with Gasteiger partial charge in [-0.2, -0.15) is 0 Å². The number of rotatable bonds is 3. The number of halogens is 1. The van der Waals surface area contributed by atoms with Crippen molar-refractivity contribution in [2.45, 2.75) is 39.2 Å². The van der Waals surface area contributed by atoms with Crippen LogP contribution in [0.2, 0.25) is 0 Å². The van der Waals surface area contributed by atoms with E-state index in [-0.39, 0.29) is 17.7 Å². The second-order valence-corrected chi connectivity index (χ2v) is 5.41. The van der Waals surface area contributed by atoms with Gasteiger partial charge in [-0.05, 0) is 37.3 Å². The highest BCUT2D eigenvalue weighted by atomic mass is 19.1. The molecule has 1 aromatic carbocycles. The van der Waals surface area contributed by atoms with Gasteiger partial charge in [0.05, 0.1) is 12.7 Å². The standard InChI is InChI=1S/C16H22FNO2/c1-4-14-11(2)7-6-10-18(14)16(19)12-8-5-9-13(17)15(12)20-3/h5,8-9,11,14H,4,6-7,10H2,1-3H3/t11-,14?/m1/s1. The van der Waals surface area contributed by atoms with Crippen LogP contribution in [0.4, 0.5) is 4.39 Å². The maximum absolute atomic E-state index is 13.7. The van der Waals surface area contributed by atoms with E-state index in [0.29, 0.717) is 11.5 Å². The molecule has 0 aliphatic carbocycles. The van der Waals surface area contributed by atoms with Crippen LogP contribution in [0.25, 0.3) is 0 Å². The van der Waals surface area contributed by atoms with E-state index in [9.17, 15) is 9.18 Å². The molecule has 4 heteroatoms. The number of benzene rings is 1. The fourth-order valence-electron chi connectivity index (χ4n) is 3.16. The largest absolute Gasteiger partial charge is 0.493 e. The summed E-state index contributed by atoms with van der Waals surface area (Å²) in [7, 11) is 1.39. The summed E-state index contributed by atoms with van der Waals surface area (Å²) >= 11 is 0. The van der Waals surface area contributed by atoms with E-state index < -0.39 is 5.82 Å². The molecule has 1 saturated heterocycles. The molecule has 1 fully saturated rings. The van der Waals surface area contributed by atoms with Gasteiger partial charge in [0.15, 0.2) is 11.6 Å². The van der Waals surface area contributed by atoms with Crippen LogP contribution >= 0.6 is 0 Å². The van der Waals surface area contributed by atoms with Crippen LogP contribution in [0.3, 0.4) is 0 Å². The molecule has 0 aromatic heterocycles. The van der Waals surface area contributed by atoms with Gasteiger partial charge >= 0.3 is 0 Å². The molecule has 1 aromatic rings. The molecule has 0 radical (unpaired) electrons. The van der Waals surface area contributed by atoms with Gasteiger partial charge in [-0.25, -0.2) is 4.39 Å². The molecule has 1 aliphatic heterocycles.